The first-order valence-corrected chi connectivity index (χ1v) is 5.16. The SMILES string of the molecule is CSSCc1ncn[nH]1. The third kappa shape index (κ3) is 2.28. The first kappa shape index (κ1) is 6.95. The van der Waals surface area contributed by atoms with Crippen LogP contribution in [0.25, 0.3) is 0 Å². The highest BCUT2D eigenvalue weighted by Gasteiger charge is 1.92. The van der Waals surface area contributed by atoms with Crippen molar-refractivity contribution in [2.45, 2.75) is 5.75 Å². The van der Waals surface area contributed by atoms with Gasteiger partial charge in [0.05, 0.1) is 5.75 Å². The first-order valence-electron chi connectivity index (χ1n) is 2.43. The predicted molar refractivity (Wildman–Crippen MR) is 41.2 cm³/mol. The molecule has 0 unspecified atom stereocenters. The van der Waals surface area contributed by atoms with E-state index < -0.39 is 0 Å². The van der Waals surface area contributed by atoms with Gasteiger partial charge in [-0.25, -0.2) is 4.98 Å². The van der Waals surface area contributed by atoms with Crippen LogP contribution in [0.4, 0.5) is 0 Å². The zero-order valence-corrected chi connectivity index (χ0v) is 6.63. The lowest BCUT2D eigenvalue weighted by atomic mass is 10.7. The van der Waals surface area contributed by atoms with Gasteiger partial charge in [-0.3, -0.25) is 5.10 Å². The van der Waals surface area contributed by atoms with Crippen LogP contribution in [0.5, 0.6) is 0 Å². The standard InChI is InChI=1S/C4H7N3S2/c1-8-9-2-4-5-3-6-7-4/h3H,2H2,1H3,(H,5,6,7). The fourth-order valence-corrected chi connectivity index (χ4v) is 1.47. The van der Waals surface area contributed by atoms with E-state index in [9.17, 15) is 0 Å². The number of aromatic nitrogens is 3. The van der Waals surface area contributed by atoms with Crippen LogP contribution in [0.15, 0.2) is 6.33 Å². The average Bonchev–Trinajstić information content (AvgIpc) is 2.34. The maximum absolute atomic E-state index is 3.95. The number of H-pyrrole nitrogens is 1. The largest absolute Gasteiger partial charge is 0.263 e. The molecule has 0 saturated heterocycles. The Labute approximate surface area is 61.4 Å². The molecule has 0 radical (unpaired) electrons. The minimum atomic E-state index is 0.904. The summed E-state index contributed by atoms with van der Waals surface area (Å²) >= 11 is 0. The van der Waals surface area contributed by atoms with Gasteiger partial charge < -0.3 is 0 Å². The van der Waals surface area contributed by atoms with Crippen molar-refractivity contribution >= 4 is 21.6 Å². The van der Waals surface area contributed by atoms with Crippen molar-refractivity contribution in [1.82, 2.24) is 15.2 Å². The lowest BCUT2D eigenvalue weighted by molar-refractivity contribution is 1.03. The van der Waals surface area contributed by atoms with E-state index in [1.165, 1.54) is 6.33 Å². The van der Waals surface area contributed by atoms with Crippen LogP contribution in [-0.4, -0.2) is 21.4 Å². The Morgan fingerprint density at radius 1 is 1.78 bits per heavy atom. The van der Waals surface area contributed by atoms with Gasteiger partial charge in [0.15, 0.2) is 0 Å². The molecule has 0 aliphatic carbocycles. The molecule has 50 valence electrons. The third-order valence-electron chi connectivity index (χ3n) is 0.778. The molecule has 0 aliphatic heterocycles. The number of aromatic amines is 1. The van der Waals surface area contributed by atoms with Crippen LogP contribution in [0.2, 0.25) is 0 Å². The molecule has 0 atom stereocenters. The van der Waals surface area contributed by atoms with Gasteiger partial charge in [-0.1, -0.05) is 21.6 Å². The second-order valence-electron chi connectivity index (χ2n) is 1.36. The summed E-state index contributed by atoms with van der Waals surface area (Å²) in [5, 5.41) is 6.49. The van der Waals surface area contributed by atoms with Crippen molar-refractivity contribution in [2.75, 3.05) is 6.26 Å². The highest BCUT2D eigenvalue weighted by molar-refractivity contribution is 8.76. The van der Waals surface area contributed by atoms with Gasteiger partial charge in [-0.2, -0.15) is 5.10 Å². The van der Waals surface area contributed by atoms with Crippen molar-refractivity contribution in [3.8, 4) is 0 Å². The van der Waals surface area contributed by atoms with Gasteiger partial charge in [0.25, 0.3) is 0 Å². The van der Waals surface area contributed by atoms with Gasteiger partial charge in [0.2, 0.25) is 0 Å². The van der Waals surface area contributed by atoms with Crippen LogP contribution in [-0.2, 0) is 5.75 Å². The number of nitrogens with zero attached hydrogens (tertiary/aromatic N) is 2. The molecule has 0 saturated carbocycles. The fourth-order valence-electron chi connectivity index (χ4n) is 0.415. The molecule has 1 heterocycles. The smallest absolute Gasteiger partial charge is 0.137 e. The molecule has 0 spiro atoms. The minimum Gasteiger partial charge on any atom is -0.263 e. The van der Waals surface area contributed by atoms with Crippen LogP contribution in [0, 0.1) is 0 Å². The normalized spacial score (nSPS) is 9.89. The number of hydrogen-bond donors (Lipinski definition) is 1. The molecule has 9 heavy (non-hydrogen) atoms. The van der Waals surface area contributed by atoms with E-state index in [0.29, 0.717) is 0 Å². The molecule has 0 aliphatic rings. The lowest BCUT2D eigenvalue weighted by Gasteiger charge is -1.88. The molecular weight excluding hydrogens is 154 g/mol. The quantitative estimate of drug-likeness (QED) is 0.679. The van der Waals surface area contributed by atoms with E-state index >= 15 is 0 Å². The van der Waals surface area contributed by atoms with E-state index in [1.807, 2.05) is 6.26 Å². The predicted octanol–water partition coefficient (Wildman–Crippen LogP) is 1.32. The highest BCUT2D eigenvalue weighted by Crippen LogP contribution is 2.19. The second-order valence-corrected chi connectivity index (χ2v) is 3.93. The summed E-state index contributed by atoms with van der Waals surface area (Å²) in [7, 11) is 3.48. The first-order chi connectivity index (χ1) is 4.43. The summed E-state index contributed by atoms with van der Waals surface area (Å²) < 4.78 is 0. The number of nitrogens with one attached hydrogen (secondary N) is 1. The average molecular weight is 161 g/mol. The van der Waals surface area contributed by atoms with Crippen molar-refractivity contribution in [3.05, 3.63) is 12.2 Å². The summed E-state index contributed by atoms with van der Waals surface area (Å²) in [5.74, 6) is 1.84. The molecule has 0 aromatic carbocycles. The van der Waals surface area contributed by atoms with Crippen molar-refractivity contribution in [3.63, 3.8) is 0 Å². The van der Waals surface area contributed by atoms with Gasteiger partial charge >= 0.3 is 0 Å². The highest BCUT2D eigenvalue weighted by atomic mass is 33.1. The van der Waals surface area contributed by atoms with E-state index in [1.54, 1.807) is 21.6 Å². The molecule has 0 fully saturated rings. The monoisotopic (exact) mass is 161 g/mol. The van der Waals surface area contributed by atoms with Crippen LogP contribution < -0.4 is 0 Å². The van der Waals surface area contributed by atoms with E-state index in [4.69, 9.17) is 0 Å². The maximum atomic E-state index is 3.95. The van der Waals surface area contributed by atoms with Crippen LogP contribution in [0.1, 0.15) is 5.82 Å². The Balaban J connectivity index is 2.30. The van der Waals surface area contributed by atoms with E-state index in [-0.39, 0.29) is 0 Å². The molecule has 1 rings (SSSR count). The Morgan fingerprint density at radius 2 is 2.67 bits per heavy atom. The van der Waals surface area contributed by atoms with Crippen molar-refractivity contribution in [1.29, 1.82) is 0 Å². The molecule has 5 heteroatoms. The molecule has 1 aromatic heterocycles. The zero-order chi connectivity index (χ0) is 6.53. The Kier molecular flexibility index (Phi) is 2.93. The Bertz CT molecular complexity index is 151. The van der Waals surface area contributed by atoms with E-state index in [2.05, 4.69) is 15.2 Å². The molecule has 3 nitrogen and oxygen atoms in total. The zero-order valence-electron chi connectivity index (χ0n) is 5.00. The van der Waals surface area contributed by atoms with E-state index in [0.717, 1.165) is 11.6 Å². The second kappa shape index (κ2) is 3.79. The molecule has 0 amide bonds. The molecule has 1 aromatic rings. The summed E-state index contributed by atoms with van der Waals surface area (Å²) in [6, 6.07) is 0. The van der Waals surface area contributed by atoms with Crippen LogP contribution in [0.3, 0.4) is 0 Å². The fraction of sp³-hybridized carbons (Fsp3) is 0.500. The maximum Gasteiger partial charge on any atom is 0.137 e. The summed E-state index contributed by atoms with van der Waals surface area (Å²) in [6.45, 7) is 0. The molecule has 1 N–H and O–H groups in total. The van der Waals surface area contributed by atoms with Crippen molar-refractivity contribution in [2.24, 2.45) is 0 Å². The summed E-state index contributed by atoms with van der Waals surface area (Å²) in [4.78, 5) is 3.95. The van der Waals surface area contributed by atoms with Gasteiger partial charge in [-0.05, 0) is 6.26 Å². The molecule has 0 bridgehead atoms. The number of rotatable bonds is 3. The Hall–Kier alpha value is -0.160. The van der Waals surface area contributed by atoms with Crippen molar-refractivity contribution < 1.29 is 0 Å². The Morgan fingerprint density at radius 3 is 3.22 bits per heavy atom. The third-order valence-corrected chi connectivity index (χ3v) is 2.47. The topological polar surface area (TPSA) is 41.6 Å². The van der Waals surface area contributed by atoms with Gasteiger partial charge in [0.1, 0.15) is 12.2 Å². The van der Waals surface area contributed by atoms with Gasteiger partial charge in [0, 0.05) is 0 Å². The van der Waals surface area contributed by atoms with Gasteiger partial charge in [-0.15, -0.1) is 0 Å². The summed E-state index contributed by atoms with van der Waals surface area (Å²) in [6.07, 6.45) is 3.57. The number of hydrogen-bond acceptors (Lipinski definition) is 4. The lowest BCUT2D eigenvalue weighted by Crippen LogP contribution is -1.80. The minimum absolute atomic E-state index is 0.904. The van der Waals surface area contributed by atoms with Crippen LogP contribution >= 0.6 is 21.6 Å². The summed E-state index contributed by atoms with van der Waals surface area (Å²) in [5.41, 5.74) is 0. The molecular formula is C4H7N3S2.